The third-order valence-electron chi connectivity index (χ3n) is 6.95. The van der Waals surface area contributed by atoms with Crippen LogP contribution in [0.4, 0.5) is 0 Å². The SMILES string of the molecule is CCC=CCC=CCC=CCC=CCC=CCC=CCCC(=O)OC(CO)COC(=O)CCCC=CCC=CCC=CCC=CCC=CCC. The van der Waals surface area contributed by atoms with E-state index in [0.717, 1.165) is 77.0 Å². The predicted octanol–water partition coefficient (Wildman–Crippen LogP) is 11.8. The summed E-state index contributed by atoms with van der Waals surface area (Å²) in [6.07, 6.45) is 59.5. The molecule has 0 bridgehead atoms. The molecule has 0 rings (SSSR count). The molecule has 50 heavy (non-hydrogen) atoms. The Kier molecular flexibility index (Phi) is 36.4. The lowest BCUT2D eigenvalue weighted by Crippen LogP contribution is -2.28. The fourth-order valence-corrected chi connectivity index (χ4v) is 4.20. The van der Waals surface area contributed by atoms with E-state index in [1.807, 2.05) is 12.2 Å². The highest BCUT2D eigenvalue weighted by atomic mass is 16.6. The maximum atomic E-state index is 12.1. The summed E-state index contributed by atoms with van der Waals surface area (Å²) < 4.78 is 10.5. The Labute approximate surface area is 305 Å². The minimum absolute atomic E-state index is 0.136. The van der Waals surface area contributed by atoms with E-state index in [1.54, 1.807) is 0 Å². The van der Waals surface area contributed by atoms with Crippen molar-refractivity contribution in [2.24, 2.45) is 0 Å². The van der Waals surface area contributed by atoms with Crippen molar-refractivity contribution in [1.82, 2.24) is 0 Å². The van der Waals surface area contributed by atoms with Gasteiger partial charge in [-0.15, -0.1) is 0 Å². The number of carbonyl (C=O) groups excluding carboxylic acids is 2. The van der Waals surface area contributed by atoms with Gasteiger partial charge in [-0.25, -0.2) is 0 Å². The summed E-state index contributed by atoms with van der Waals surface area (Å²) in [5.74, 6) is -0.775. The highest BCUT2D eigenvalue weighted by Crippen LogP contribution is 2.05. The highest BCUT2D eigenvalue weighted by molar-refractivity contribution is 5.70. The van der Waals surface area contributed by atoms with Gasteiger partial charge >= 0.3 is 11.9 Å². The van der Waals surface area contributed by atoms with Crippen LogP contribution in [0.5, 0.6) is 0 Å². The molecule has 1 N–H and O–H groups in total. The van der Waals surface area contributed by atoms with Crippen LogP contribution in [-0.2, 0) is 19.1 Å². The molecule has 0 radical (unpaired) electrons. The zero-order valence-corrected chi connectivity index (χ0v) is 31.1. The van der Waals surface area contributed by atoms with Crippen molar-refractivity contribution in [3.05, 3.63) is 134 Å². The molecular formula is C45H66O5. The number of carbonyl (C=O) groups is 2. The monoisotopic (exact) mass is 686 g/mol. The van der Waals surface area contributed by atoms with Gasteiger partial charge in [-0.05, 0) is 89.9 Å². The van der Waals surface area contributed by atoms with Gasteiger partial charge in [0.15, 0.2) is 6.10 Å². The highest BCUT2D eigenvalue weighted by Gasteiger charge is 2.15. The average molecular weight is 687 g/mol. The standard InChI is InChI=1S/C45H66O5/c1-3-5-7-9-11-13-15-17-19-21-22-24-26-28-30-32-34-36-38-40-45(48)50-43(41-46)42-49-44(47)39-37-35-33-31-29-27-25-23-20-18-16-14-12-10-8-6-4-2/h5-8,11-14,17-20,22,24-25,27-28,30-31,33-34,36,43,46H,3-4,9-10,15-16,21,23,26,29,32,35,37-42H2,1-2H3. The Balaban J connectivity index is 3.86. The fourth-order valence-electron chi connectivity index (χ4n) is 4.20. The first-order chi connectivity index (χ1) is 24.6. The first-order valence-corrected chi connectivity index (χ1v) is 18.7. The normalized spacial score (nSPS) is 13.7. The van der Waals surface area contributed by atoms with Gasteiger partial charge in [0.05, 0.1) is 6.61 Å². The number of unbranched alkanes of at least 4 members (excludes halogenated alkanes) is 1. The topological polar surface area (TPSA) is 72.8 Å². The van der Waals surface area contributed by atoms with Crippen molar-refractivity contribution in [3.8, 4) is 0 Å². The number of esters is 2. The second-order valence-corrected chi connectivity index (χ2v) is 11.5. The molecular weight excluding hydrogens is 620 g/mol. The van der Waals surface area contributed by atoms with Gasteiger partial charge in [-0.1, -0.05) is 148 Å². The molecule has 1 unspecified atom stereocenters. The summed E-state index contributed by atoms with van der Waals surface area (Å²) >= 11 is 0. The van der Waals surface area contributed by atoms with E-state index >= 15 is 0 Å². The zero-order valence-electron chi connectivity index (χ0n) is 31.1. The van der Waals surface area contributed by atoms with Gasteiger partial charge in [-0.2, -0.15) is 0 Å². The van der Waals surface area contributed by atoms with Gasteiger partial charge in [0.2, 0.25) is 0 Å². The zero-order chi connectivity index (χ0) is 36.4. The molecule has 5 heteroatoms. The van der Waals surface area contributed by atoms with E-state index in [4.69, 9.17) is 9.47 Å². The maximum absolute atomic E-state index is 12.1. The number of aliphatic hydroxyl groups is 1. The van der Waals surface area contributed by atoms with Crippen LogP contribution in [-0.4, -0.2) is 36.4 Å². The lowest BCUT2D eigenvalue weighted by atomic mass is 10.2. The van der Waals surface area contributed by atoms with E-state index in [0.29, 0.717) is 12.8 Å². The predicted molar refractivity (Wildman–Crippen MR) is 214 cm³/mol. The van der Waals surface area contributed by atoms with E-state index in [9.17, 15) is 14.7 Å². The smallest absolute Gasteiger partial charge is 0.306 e. The van der Waals surface area contributed by atoms with Crippen LogP contribution in [0.15, 0.2) is 134 Å². The quantitative estimate of drug-likeness (QED) is 0.0446. The van der Waals surface area contributed by atoms with E-state index in [2.05, 4.69) is 135 Å². The Morgan fingerprint density at radius 2 is 0.800 bits per heavy atom. The molecule has 0 aliphatic rings. The minimum atomic E-state index is -0.845. The average Bonchev–Trinajstić information content (AvgIpc) is 3.12. The molecule has 0 amide bonds. The van der Waals surface area contributed by atoms with Crippen LogP contribution < -0.4 is 0 Å². The Morgan fingerprint density at radius 3 is 1.16 bits per heavy atom. The Morgan fingerprint density at radius 1 is 0.460 bits per heavy atom. The Hall–Kier alpha value is -3.96. The molecule has 5 nitrogen and oxygen atoms in total. The molecule has 0 spiro atoms. The molecule has 0 aliphatic heterocycles. The number of allylic oxidation sites excluding steroid dienone is 22. The number of aliphatic hydroxyl groups excluding tert-OH is 1. The van der Waals surface area contributed by atoms with Gasteiger partial charge < -0.3 is 14.6 Å². The molecule has 0 heterocycles. The van der Waals surface area contributed by atoms with Crippen LogP contribution in [0, 0.1) is 0 Å². The van der Waals surface area contributed by atoms with Crippen LogP contribution in [0.1, 0.15) is 117 Å². The minimum Gasteiger partial charge on any atom is -0.462 e. The second kappa shape index (κ2) is 39.5. The molecule has 1 atom stereocenters. The van der Waals surface area contributed by atoms with Gasteiger partial charge in [-0.3, -0.25) is 9.59 Å². The number of rotatable bonds is 31. The van der Waals surface area contributed by atoms with Crippen LogP contribution in [0.25, 0.3) is 0 Å². The van der Waals surface area contributed by atoms with Crippen molar-refractivity contribution in [1.29, 1.82) is 0 Å². The largest absolute Gasteiger partial charge is 0.462 e. The first kappa shape index (κ1) is 46.0. The van der Waals surface area contributed by atoms with Crippen molar-refractivity contribution in [2.75, 3.05) is 13.2 Å². The van der Waals surface area contributed by atoms with Crippen LogP contribution in [0.2, 0.25) is 0 Å². The molecule has 0 aromatic carbocycles. The lowest BCUT2D eigenvalue weighted by Gasteiger charge is -2.15. The summed E-state index contributed by atoms with van der Waals surface area (Å²) in [7, 11) is 0. The van der Waals surface area contributed by atoms with E-state index < -0.39 is 12.1 Å². The van der Waals surface area contributed by atoms with Crippen molar-refractivity contribution in [2.45, 2.75) is 123 Å². The maximum Gasteiger partial charge on any atom is 0.306 e. The molecule has 0 aromatic rings. The number of hydrogen-bond donors (Lipinski definition) is 1. The van der Waals surface area contributed by atoms with Gasteiger partial charge in [0, 0.05) is 12.8 Å². The molecule has 0 fully saturated rings. The molecule has 0 saturated heterocycles. The van der Waals surface area contributed by atoms with Crippen molar-refractivity contribution in [3.63, 3.8) is 0 Å². The van der Waals surface area contributed by atoms with Gasteiger partial charge in [0.25, 0.3) is 0 Å². The van der Waals surface area contributed by atoms with Crippen LogP contribution in [0.3, 0.4) is 0 Å². The van der Waals surface area contributed by atoms with E-state index in [-0.39, 0.29) is 32.0 Å². The van der Waals surface area contributed by atoms with E-state index in [1.165, 1.54) is 0 Å². The van der Waals surface area contributed by atoms with Crippen molar-refractivity contribution < 1.29 is 24.2 Å². The van der Waals surface area contributed by atoms with Crippen LogP contribution >= 0.6 is 0 Å². The first-order valence-electron chi connectivity index (χ1n) is 18.7. The Bertz CT molecular complexity index is 1140. The van der Waals surface area contributed by atoms with Gasteiger partial charge in [0.1, 0.15) is 6.61 Å². The number of hydrogen-bond acceptors (Lipinski definition) is 5. The summed E-state index contributed by atoms with van der Waals surface area (Å²) in [6.45, 7) is 3.76. The summed E-state index contributed by atoms with van der Waals surface area (Å²) in [5.41, 5.74) is 0. The third-order valence-corrected chi connectivity index (χ3v) is 6.95. The third kappa shape index (κ3) is 36.9. The molecule has 0 saturated carbocycles. The number of ether oxygens (including phenoxy) is 2. The van der Waals surface area contributed by atoms with Crippen molar-refractivity contribution >= 4 is 11.9 Å². The molecule has 0 aliphatic carbocycles. The molecule has 276 valence electrons. The summed E-state index contributed by atoms with van der Waals surface area (Å²) in [6, 6.07) is 0. The second-order valence-electron chi connectivity index (χ2n) is 11.5. The lowest BCUT2D eigenvalue weighted by molar-refractivity contribution is -0.161. The summed E-state index contributed by atoms with van der Waals surface area (Å²) in [4.78, 5) is 24.2. The molecule has 0 aromatic heterocycles. The summed E-state index contributed by atoms with van der Waals surface area (Å²) in [5, 5.41) is 9.53. The fraction of sp³-hybridized carbons (Fsp3) is 0.467.